The van der Waals surface area contributed by atoms with Gasteiger partial charge in [-0.05, 0) is 45.8 Å². The van der Waals surface area contributed by atoms with Gasteiger partial charge in [-0.15, -0.1) is 0 Å². The number of hydrogen-bond acceptors (Lipinski definition) is 5. The third kappa shape index (κ3) is 6.90. The molecular weight excluding hydrogens is 445 g/mol. The van der Waals surface area contributed by atoms with Gasteiger partial charge in [-0.1, -0.05) is 18.2 Å². The normalized spacial score (nSPS) is 10.6. The highest BCUT2D eigenvalue weighted by molar-refractivity contribution is 9.10. The number of carbonyl (C=O) groups is 2. The molecule has 1 N–H and O–H groups in total. The highest BCUT2D eigenvalue weighted by atomic mass is 79.9. The van der Waals surface area contributed by atoms with Crippen LogP contribution in [0.25, 0.3) is 6.08 Å². The van der Waals surface area contributed by atoms with Gasteiger partial charge in [0.2, 0.25) is 5.91 Å². The van der Waals surface area contributed by atoms with Crippen molar-refractivity contribution in [3.8, 4) is 11.5 Å². The average Bonchev–Trinajstić information content (AvgIpc) is 2.72. The van der Waals surface area contributed by atoms with E-state index in [0.717, 1.165) is 0 Å². The molecule has 2 rings (SSSR count). The third-order valence-corrected chi connectivity index (χ3v) is 4.45. The average molecular weight is 466 g/mol. The lowest BCUT2D eigenvalue weighted by Gasteiger charge is -2.14. The quantitative estimate of drug-likeness (QED) is 0.449. The van der Waals surface area contributed by atoms with Crippen LogP contribution in [-0.2, 0) is 20.9 Å². The lowest BCUT2D eigenvalue weighted by Crippen LogP contribution is -2.24. The predicted molar refractivity (Wildman–Crippen MR) is 110 cm³/mol. The molecule has 154 valence electrons. The maximum Gasteiger partial charge on any atom is 0.307 e. The van der Waals surface area contributed by atoms with Gasteiger partial charge in [0, 0.05) is 18.2 Å². The number of methoxy groups -OCH3 is 2. The number of nitrogens with one attached hydrogen (secondary N) is 1. The van der Waals surface area contributed by atoms with E-state index in [9.17, 15) is 14.0 Å². The van der Waals surface area contributed by atoms with Crippen LogP contribution in [0.15, 0.2) is 46.9 Å². The molecule has 0 spiro atoms. The Hall–Kier alpha value is -2.87. The van der Waals surface area contributed by atoms with Gasteiger partial charge in [0.15, 0.2) is 11.5 Å². The summed E-state index contributed by atoms with van der Waals surface area (Å²) in [5.74, 6) is -0.227. The minimum atomic E-state index is -0.395. The first-order valence-corrected chi connectivity index (χ1v) is 9.50. The van der Waals surface area contributed by atoms with E-state index in [2.05, 4.69) is 26.0 Å². The monoisotopic (exact) mass is 465 g/mol. The van der Waals surface area contributed by atoms with E-state index in [-0.39, 0.29) is 31.3 Å². The van der Waals surface area contributed by atoms with E-state index < -0.39 is 5.97 Å². The van der Waals surface area contributed by atoms with Crippen molar-refractivity contribution in [2.75, 3.05) is 20.8 Å². The van der Waals surface area contributed by atoms with E-state index in [0.29, 0.717) is 27.1 Å². The van der Waals surface area contributed by atoms with Gasteiger partial charge in [0.1, 0.15) is 12.4 Å². The summed E-state index contributed by atoms with van der Waals surface area (Å²) in [7, 11) is 2.78. The van der Waals surface area contributed by atoms with Crippen LogP contribution < -0.4 is 14.8 Å². The van der Waals surface area contributed by atoms with Crippen molar-refractivity contribution in [3.63, 3.8) is 0 Å². The van der Waals surface area contributed by atoms with Gasteiger partial charge >= 0.3 is 5.97 Å². The molecule has 2 aromatic carbocycles. The fourth-order valence-electron chi connectivity index (χ4n) is 2.36. The van der Waals surface area contributed by atoms with Crippen molar-refractivity contribution in [2.45, 2.75) is 13.0 Å². The second kappa shape index (κ2) is 11.2. The molecule has 0 bridgehead atoms. The Labute approximate surface area is 176 Å². The zero-order valence-electron chi connectivity index (χ0n) is 16.0. The molecule has 0 aliphatic rings. The molecule has 0 atom stereocenters. The molecule has 0 saturated heterocycles. The molecular formula is C21H21BrFNO5. The Kier molecular flexibility index (Phi) is 8.67. The van der Waals surface area contributed by atoms with E-state index in [1.807, 2.05) is 0 Å². The first-order valence-electron chi connectivity index (χ1n) is 8.71. The number of amides is 1. The minimum absolute atomic E-state index is 0.0411. The molecule has 0 radical (unpaired) electrons. The standard InChI is InChI=1S/C21H21BrFNO5/c1-27-18-12-14(7-8-19(25)24-10-9-20(26)28-2)11-16(22)21(18)29-13-15-5-3-4-6-17(15)23/h3-8,11-12H,9-10,13H2,1-2H3,(H,24,25)/b8-7+. The van der Waals surface area contributed by atoms with Crippen LogP contribution in [0, 0.1) is 5.82 Å². The Bertz CT molecular complexity index is 901. The number of halogens is 2. The maximum atomic E-state index is 13.8. The fraction of sp³-hybridized carbons (Fsp3) is 0.238. The van der Waals surface area contributed by atoms with Gasteiger partial charge < -0.3 is 19.5 Å². The predicted octanol–water partition coefficient (Wildman–Crippen LogP) is 3.87. The summed E-state index contributed by atoms with van der Waals surface area (Å²) in [6, 6.07) is 9.80. The summed E-state index contributed by atoms with van der Waals surface area (Å²) in [6.07, 6.45) is 3.04. The van der Waals surface area contributed by atoms with Crippen molar-refractivity contribution in [2.24, 2.45) is 0 Å². The van der Waals surface area contributed by atoms with Crippen LogP contribution in [0.2, 0.25) is 0 Å². The summed E-state index contributed by atoms with van der Waals surface area (Å²) in [5, 5.41) is 2.59. The van der Waals surface area contributed by atoms with Crippen molar-refractivity contribution in [1.29, 1.82) is 0 Å². The maximum absolute atomic E-state index is 13.8. The van der Waals surface area contributed by atoms with E-state index in [1.165, 1.54) is 26.4 Å². The summed E-state index contributed by atoms with van der Waals surface area (Å²) in [6.45, 7) is 0.227. The molecule has 0 aromatic heterocycles. The number of carbonyl (C=O) groups excluding carboxylic acids is 2. The molecule has 1 amide bonds. The second-order valence-electron chi connectivity index (χ2n) is 5.86. The molecule has 0 saturated carbocycles. The third-order valence-electron chi connectivity index (χ3n) is 3.86. The molecule has 6 nitrogen and oxygen atoms in total. The number of esters is 1. The molecule has 29 heavy (non-hydrogen) atoms. The number of hydrogen-bond donors (Lipinski definition) is 1. The molecule has 0 fully saturated rings. The van der Waals surface area contributed by atoms with Crippen LogP contribution in [0.1, 0.15) is 17.5 Å². The Morgan fingerprint density at radius 1 is 1.21 bits per heavy atom. The summed E-state index contributed by atoms with van der Waals surface area (Å²) in [4.78, 5) is 22.9. The summed E-state index contributed by atoms with van der Waals surface area (Å²) in [5.41, 5.74) is 1.11. The van der Waals surface area contributed by atoms with Crippen LogP contribution in [-0.4, -0.2) is 32.6 Å². The minimum Gasteiger partial charge on any atom is -0.493 e. The summed E-state index contributed by atoms with van der Waals surface area (Å²) < 4.78 is 30.0. The number of benzene rings is 2. The van der Waals surface area contributed by atoms with E-state index in [4.69, 9.17) is 9.47 Å². The molecule has 0 aliphatic heterocycles. The van der Waals surface area contributed by atoms with Gasteiger partial charge in [0.25, 0.3) is 0 Å². The zero-order chi connectivity index (χ0) is 21.2. The second-order valence-corrected chi connectivity index (χ2v) is 6.72. The lowest BCUT2D eigenvalue weighted by molar-refractivity contribution is -0.140. The highest BCUT2D eigenvalue weighted by Crippen LogP contribution is 2.37. The lowest BCUT2D eigenvalue weighted by atomic mass is 10.2. The summed E-state index contributed by atoms with van der Waals surface area (Å²) >= 11 is 3.42. The number of rotatable bonds is 9. The molecule has 0 aliphatic carbocycles. The van der Waals surface area contributed by atoms with Gasteiger partial charge in [-0.2, -0.15) is 0 Å². The first kappa shape index (κ1) is 22.4. The zero-order valence-corrected chi connectivity index (χ0v) is 17.6. The molecule has 0 unspecified atom stereocenters. The van der Waals surface area contributed by atoms with Crippen molar-refractivity contribution in [1.82, 2.24) is 5.32 Å². The SMILES string of the molecule is COC(=O)CCNC(=O)/C=C/c1cc(Br)c(OCc2ccccc2F)c(OC)c1. The van der Waals surface area contributed by atoms with Crippen LogP contribution >= 0.6 is 15.9 Å². The van der Waals surface area contributed by atoms with Crippen molar-refractivity contribution >= 4 is 33.9 Å². The van der Waals surface area contributed by atoms with E-state index >= 15 is 0 Å². The Morgan fingerprint density at radius 2 is 1.97 bits per heavy atom. The van der Waals surface area contributed by atoms with Gasteiger partial charge in [-0.3, -0.25) is 9.59 Å². The van der Waals surface area contributed by atoms with Crippen LogP contribution in [0.4, 0.5) is 4.39 Å². The topological polar surface area (TPSA) is 73.9 Å². The van der Waals surface area contributed by atoms with Crippen molar-refractivity contribution < 1.29 is 28.2 Å². The van der Waals surface area contributed by atoms with Crippen LogP contribution in [0.5, 0.6) is 11.5 Å². The largest absolute Gasteiger partial charge is 0.493 e. The van der Waals surface area contributed by atoms with Gasteiger partial charge in [0.05, 0.1) is 25.1 Å². The molecule has 0 heterocycles. The molecule has 2 aromatic rings. The highest BCUT2D eigenvalue weighted by Gasteiger charge is 2.12. The fourth-order valence-corrected chi connectivity index (χ4v) is 2.94. The van der Waals surface area contributed by atoms with Crippen molar-refractivity contribution in [3.05, 3.63) is 63.9 Å². The Balaban J connectivity index is 2.04. The van der Waals surface area contributed by atoms with Crippen LogP contribution in [0.3, 0.4) is 0 Å². The first-order chi connectivity index (χ1) is 13.9. The number of ether oxygens (including phenoxy) is 3. The van der Waals surface area contributed by atoms with E-state index in [1.54, 1.807) is 36.4 Å². The smallest absolute Gasteiger partial charge is 0.307 e. The Morgan fingerprint density at radius 3 is 2.66 bits per heavy atom. The van der Waals surface area contributed by atoms with Gasteiger partial charge in [-0.25, -0.2) is 4.39 Å². The molecule has 8 heteroatoms.